The monoisotopic (exact) mass is 274 g/mol. The second kappa shape index (κ2) is 5.13. The SMILES string of the molecule is CC(=O)C[C@](O)(c1ccc(C(C)=O)cc1)C(F)(F)F. The van der Waals surface area contributed by atoms with E-state index in [9.17, 15) is 27.9 Å². The second-order valence-corrected chi connectivity index (χ2v) is 4.37. The molecule has 1 rings (SSSR count). The van der Waals surface area contributed by atoms with Crippen LogP contribution in [0.5, 0.6) is 0 Å². The van der Waals surface area contributed by atoms with E-state index in [1.165, 1.54) is 19.1 Å². The Hall–Kier alpha value is -1.69. The van der Waals surface area contributed by atoms with E-state index in [-0.39, 0.29) is 11.3 Å². The Bertz CT molecular complexity index is 491. The topological polar surface area (TPSA) is 54.4 Å². The number of ketones is 2. The molecule has 1 aromatic rings. The Labute approximate surface area is 108 Å². The van der Waals surface area contributed by atoms with Crippen LogP contribution < -0.4 is 0 Å². The lowest BCUT2D eigenvalue weighted by Gasteiger charge is -2.30. The van der Waals surface area contributed by atoms with Crippen LogP contribution in [0, 0.1) is 0 Å². The minimum Gasteiger partial charge on any atom is -0.376 e. The maximum atomic E-state index is 12.9. The number of Topliss-reactive ketones (excluding diaryl/α,β-unsaturated/α-hetero) is 2. The lowest BCUT2D eigenvalue weighted by atomic mass is 9.87. The molecule has 0 saturated carbocycles. The Morgan fingerprint density at radius 3 is 1.89 bits per heavy atom. The molecule has 0 amide bonds. The summed E-state index contributed by atoms with van der Waals surface area (Å²) in [5.74, 6) is -1.08. The predicted octanol–water partition coefficient (Wildman–Crippen LogP) is 2.62. The second-order valence-electron chi connectivity index (χ2n) is 4.37. The van der Waals surface area contributed by atoms with Crippen molar-refractivity contribution in [2.75, 3.05) is 0 Å². The van der Waals surface area contributed by atoms with Crippen molar-refractivity contribution in [3.63, 3.8) is 0 Å². The smallest absolute Gasteiger partial charge is 0.376 e. The molecule has 0 saturated heterocycles. The van der Waals surface area contributed by atoms with Gasteiger partial charge in [0.25, 0.3) is 0 Å². The third-order valence-corrected chi connectivity index (χ3v) is 2.74. The van der Waals surface area contributed by atoms with Crippen LogP contribution in [0.3, 0.4) is 0 Å². The zero-order valence-electron chi connectivity index (χ0n) is 10.4. The molecule has 0 spiro atoms. The maximum absolute atomic E-state index is 12.9. The van der Waals surface area contributed by atoms with Crippen molar-refractivity contribution in [2.24, 2.45) is 0 Å². The van der Waals surface area contributed by atoms with Gasteiger partial charge in [-0.2, -0.15) is 13.2 Å². The summed E-state index contributed by atoms with van der Waals surface area (Å²) < 4.78 is 38.8. The lowest BCUT2D eigenvalue weighted by Crippen LogP contribution is -2.43. The molecule has 6 heteroatoms. The van der Waals surface area contributed by atoms with Crippen LogP contribution in [0.1, 0.15) is 36.2 Å². The molecule has 0 radical (unpaired) electrons. The Balaban J connectivity index is 3.26. The first kappa shape index (κ1) is 15.4. The minimum atomic E-state index is -4.98. The third kappa shape index (κ3) is 3.20. The van der Waals surface area contributed by atoms with Crippen molar-refractivity contribution in [2.45, 2.75) is 32.0 Å². The van der Waals surface area contributed by atoms with Crippen LogP contribution >= 0.6 is 0 Å². The quantitative estimate of drug-likeness (QED) is 0.859. The van der Waals surface area contributed by atoms with Gasteiger partial charge >= 0.3 is 6.18 Å². The van der Waals surface area contributed by atoms with E-state index in [4.69, 9.17) is 0 Å². The highest BCUT2D eigenvalue weighted by atomic mass is 19.4. The predicted molar refractivity (Wildman–Crippen MR) is 61.7 cm³/mol. The first-order valence-electron chi connectivity index (χ1n) is 5.48. The Kier molecular flexibility index (Phi) is 4.15. The molecule has 0 bridgehead atoms. The molecule has 0 aliphatic carbocycles. The highest BCUT2D eigenvalue weighted by Gasteiger charge is 2.55. The molecule has 1 atom stereocenters. The van der Waals surface area contributed by atoms with E-state index in [1.54, 1.807) is 0 Å². The van der Waals surface area contributed by atoms with Gasteiger partial charge in [0.05, 0.1) is 0 Å². The number of rotatable bonds is 4. The van der Waals surface area contributed by atoms with Gasteiger partial charge in [-0.05, 0) is 19.4 Å². The van der Waals surface area contributed by atoms with Gasteiger partial charge in [-0.15, -0.1) is 0 Å². The van der Waals surface area contributed by atoms with Gasteiger partial charge in [0.15, 0.2) is 11.4 Å². The molecule has 104 valence electrons. The molecule has 0 fully saturated rings. The number of benzene rings is 1. The first-order chi connectivity index (χ1) is 8.58. The molecule has 0 aliphatic rings. The highest BCUT2D eigenvalue weighted by molar-refractivity contribution is 5.94. The van der Waals surface area contributed by atoms with Crippen LogP contribution in [0.25, 0.3) is 0 Å². The van der Waals surface area contributed by atoms with Gasteiger partial charge in [0, 0.05) is 12.0 Å². The molecule has 0 aromatic heterocycles. The average molecular weight is 274 g/mol. The number of hydrogen-bond donors (Lipinski definition) is 1. The van der Waals surface area contributed by atoms with Gasteiger partial charge in [-0.1, -0.05) is 24.3 Å². The summed E-state index contributed by atoms with van der Waals surface area (Å²) in [7, 11) is 0. The van der Waals surface area contributed by atoms with Crippen LogP contribution in [0.4, 0.5) is 13.2 Å². The van der Waals surface area contributed by atoms with Crippen molar-refractivity contribution < 1.29 is 27.9 Å². The number of halogens is 3. The fraction of sp³-hybridized carbons (Fsp3) is 0.385. The molecule has 0 unspecified atom stereocenters. The van der Waals surface area contributed by atoms with Gasteiger partial charge in [0.1, 0.15) is 5.78 Å². The fourth-order valence-electron chi connectivity index (χ4n) is 1.71. The van der Waals surface area contributed by atoms with Gasteiger partial charge < -0.3 is 5.11 Å². The minimum absolute atomic E-state index is 0.232. The Morgan fingerprint density at radius 1 is 1.11 bits per heavy atom. The number of aliphatic hydroxyl groups is 1. The zero-order chi connectivity index (χ0) is 14.8. The summed E-state index contributed by atoms with van der Waals surface area (Å²) in [5, 5.41) is 9.79. The van der Waals surface area contributed by atoms with E-state index in [2.05, 4.69) is 0 Å². The number of alkyl halides is 3. The highest BCUT2D eigenvalue weighted by Crippen LogP contribution is 2.41. The number of hydrogen-bond acceptors (Lipinski definition) is 3. The molecule has 3 nitrogen and oxygen atoms in total. The van der Waals surface area contributed by atoms with E-state index in [0.717, 1.165) is 19.1 Å². The third-order valence-electron chi connectivity index (χ3n) is 2.74. The van der Waals surface area contributed by atoms with Crippen molar-refractivity contribution in [3.8, 4) is 0 Å². The van der Waals surface area contributed by atoms with E-state index in [0.29, 0.717) is 0 Å². The molecule has 0 aliphatic heterocycles. The number of carbonyl (C=O) groups is 2. The van der Waals surface area contributed by atoms with Crippen LogP contribution in [-0.4, -0.2) is 22.8 Å². The summed E-state index contributed by atoms with van der Waals surface area (Å²) in [5.41, 5.74) is -3.45. The summed E-state index contributed by atoms with van der Waals surface area (Å²) >= 11 is 0. The van der Waals surface area contributed by atoms with Crippen LogP contribution in [0.2, 0.25) is 0 Å². The summed E-state index contributed by atoms with van der Waals surface area (Å²) in [6.07, 6.45) is -6.04. The van der Waals surface area contributed by atoms with Gasteiger partial charge in [0.2, 0.25) is 0 Å². The van der Waals surface area contributed by atoms with Crippen molar-refractivity contribution in [1.29, 1.82) is 0 Å². The van der Waals surface area contributed by atoms with Crippen molar-refractivity contribution in [1.82, 2.24) is 0 Å². The Morgan fingerprint density at radius 2 is 1.58 bits per heavy atom. The molecule has 1 aromatic carbocycles. The zero-order valence-corrected chi connectivity index (χ0v) is 10.4. The maximum Gasteiger partial charge on any atom is 0.421 e. The summed E-state index contributed by atoms with van der Waals surface area (Å²) in [6, 6.07) is 4.39. The standard InChI is InChI=1S/C13H13F3O3/c1-8(17)7-12(19,13(14,15)16)11-5-3-10(4-6-11)9(2)18/h3-6,19H,7H2,1-2H3/t12-/m0/s1. The lowest BCUT2D eigenvalue weighted by molar-refractivity contribution is -0.267. The van der Waals surface area contributed by atoms with Gasteiger partial charge in [-0.25, -0.2) is 0 Å². The molecule has 1 N–H and O–H groups in total. The van der Waals surface area contributed by atoms with Crippen molar-refractivity contribution in [3.05, 3.63) is 35.4 Å². The normalized spacial score (nSPS) is 14.8. The summed E-state index contributed by atoms with van der Waals surface area (Å²) in [4.78, 5) is 22.0. The molecule has 0 heterocycles. The van der Waals surface area contributed by atoms with Crippen molar-refractivity contribution >= 4 is 11.6 Å². The molecular formula is C13H13F3O3. The van der Waals surface area contributed by atoms with Gasteiger partial charge in [-0.3, -0.25) is 9.59 Å². The largest absolute Gasteiger partial charge is 0.421 e. The molecule has 19 heavy (non-hydrogen) atoms. The summed E-state index contributed by atoms with van der Waals surface area (Å²) in [6.45, 7) is 2.25. The average Bonchev–Trinajstić information content (AvgIpc) is 2.26. The molecular weight excluding hydrogens is 261 g/mol. The van der Waals surface area contributed by atoms with Crippen LogP contribution in [-0.2, 0) is 10.4 Å². The number of carbonyl (C=O) groups excluding carboxylic acids is 2. The van der Waals surface area contributed by atoms with E-state index in [1.807, 2.05) is 0 Å². The van der Waals surface area contributed by atoms with Crippen LogP contribution in [0.15, 0.2) is 24.3 Å². The van der Waals surface area contributed by atoms with E-state index >= 15 is 0 Å². The first-order valence-corrected chi connectivity index (χ1v) is 5.48. The fourth-order valence-corrected chi connectivity index (χ4v) is 1.71. The van der Waals surface area contributed by atoms with E-state index < -0.39 is 29.5 Å².